The minimum Gasteiger partial charge on any atom is -0.391 e. The van der Waals surface area contributed by atoms with Crippen LogP contribution < -0.4 is 0 Å². The molecule has 0 aromatic rings. The molecule has 0 rings (SSSR count). The zero-order chi connectivity index (χ0) is 30.5. The van der Waals surface area contributed by atoms with Crippen LogP contribution >= 0.6 is 0 Å². The van der Waals surface area contributed by atoms with Crippen LogP contribution in [0.4, 0.5) is 0 Å². The third-order valence-electron chi connectivity index (χ3n) is 6.59. The predicted octanol–water partition coefficient (Wildman–Crippen LogP) is 3.02. The second kappa shape index (κ2) is 28.3. The van der Waals surface area contributed by atoms with Crippen molar-refractivity contribution in [2.75, 3.05) is 112 Å². The van der Waals surface area contributed by atoms with Gasteiger partial charge in [-0.1, -0.05) is 0 Å². The van der Waals surface area contributed by atoms with Gasteiger partial charge >= 0.3 is 0 Å². The van der Waals surface area contributed by atoms with E-state index in [1.165, 1.54) is 0 Å². The third-order valence-corrected chi connectivity index (χ3v) is 6.59. The van der Waals surface area contributed by atoms with Crippen molar-refractivity contribution in [1.82, 2.24) is 0 Å². The maximum absolute atomic E-state index is 12.4. The Kier molecular flexibility index (Phi) is 28.0. The van der Waals surface area contributed by atoms with Gasteiger partial charge in [0.2, 0.25) is 0 Å². The minimum atomic E-state index is -1.33. The lowest BCUT2D eigenvalue weighted by molar-refractivity contribution is -0.221. The molecule has 11 heteroatoms. The summed E-state index contributed by atoms with van der Waals surface area (Å²) in [5, 5.41) is 22.5. The van der Waals surface area contributed by atoms with Crippen molar-refractivity contribution in [2.24, 2.45) is 0 Å². The summed E-state index contributed by atoms with van der Waals surface area (Å²) in [6, 6.07) is 0. The van der Waals surface area contributed by atoms with Crippen LogP contribution in [0.1, 0.15) is 66.7 Å². The van der Waals surface area contributed by atoms with E-state index in [2.05, 4.69) is 0 Å². The van der Waals surface area contributed by atoms with Crippen LogP contribution in [0, 0.1) is 0 Å². The lowest BCUT2D eigenvalue weighted by Gasteiger charge is -2.48. The molecule has 0 bridgehead atoms. The van der Waals surface area contributed by atoms with Gasteiger partial charge in [0.05, 0.1) is 76.8 Å². The lowest BCUT2D eigenvalue weighted by atomic mass is 9.73. The van der Waals surface area contributed by atoms with Crippen molar-refractivity contribution in [2.45, 2.75) is 84.0 Å². The molecule has 0 amide bonds. The van der Waals surface area contributed by atoms with Crippen LogP contribution in [0.25, 0.3) is 0 Å². The van der Waals surface area contributed by atoms with Crippen molar-refractivity contribution in [3.8, 4) is 0 Å². The summed E-state index contributed by atoms with van der Waals surface area (Å²) in [6.45, 7) is 17.4. The summed E-state index contributed by atoms with van der Waals surface area (Å²) in [5.74, 6) is 0. The molecule has 0 heterocycles. The molecule has 0 aliphatic heterocycles. The van der Waals surface area contributed by atoms with Gasteiger partial charge in [0.15, 0.2) is 0 Å². The van der Waals surface area contributed by atoms with E-state index >= 15 is 0 Å². The second-order valence-electron chi connectivity index (χ2n) is 9.78. The van der Waals surface area contributed by atoms with Crippen LogP contribution in [0.15, 0.2) is 0 Å². The number of rotatable bonds is 33. The number of hydrogen-bond donors (Lipinski definition) is 2. The molecule has 0 radical (unpaired) electrons. The summed E-state index contributed by atoms with van der Waals surface area (Å²) in [5.41, 5.74) is -2.36. The normalized spacial score (nSPS) is 14.4. The van der Waals surface area contributed by atoms with Crippen LogP contribution in [-0.2, 0) is 42.6 Å². The highest BCUT2D eigenvalue weighted by molar-refractivity contribution is 5.01. The molecule has 41 heavy (non-hydrogen) atoms. The molecule has 0 aromatic carbocycles. The molecular weight excluding hydrogens is 536 g/mol. The van der Waals surface area contributed by atoms with Crippen LogP contribution in [-0.4, -0.2) is 140 Å². The minimum absolute atomic E-state index is 0.0723. The van der Waals surface area contributed by atoms with E-state index in [0.29, 0.717) is 138 Å². The first-order valence-corrected chi connectivity index (χ1v) is 15.6. The summed E-state index contributed by atoms with van der Waals surface area (Å²) in [6.07, 6.45) is 1.49. The van der Waals surface area contributed by atoms with Gasteiger partial charge in [-0.3, -0.25) is 0 Å². The smallest absolute Gasteiger partial charge is 0.0993 e. The molecule has 11 nitrogen and oxygen atoms in total. The highest BCUT2D eigenvalue weighted by atomic mass is 16.5. The van der Waals surface area contributed by atoms with E-state index in [9.17, 15) is 10.2 Å². The molecule has 0 saturated heterocycles. The average Bonchev–Trinajstić information content (AvgIpc) is 2.96. The van der Waals surface area contributed by atoms with Gasteiger partial charge in [0, 0.05) is 72.1 Å². The van der Waals surface area contributed by atoms with E-state index in [-0.39, 0.29) is 6.61 Å². The summed E-state index contributed by atoms with van der Waals surface area (Å²) < 4.78 is 51.3. The molecule has 0 spiro atoms. The van der Waals surface area contributed by atoms with E-state index in [4.69, 9.17) is 42.6 Å². The molecule has 0 aromatic heterocycles. The molecule has 248 valence electrons. The summed E-state index contributed by atoms with van der Waals surface area (Å²) >= 11 is 0. The van der Waals surface area contributed by atoms with Gasteiger partial charge in [-0.15, -0.1) is 0 Å². The Morgan fingerprint density at radius 1 is 0.488 bits per heavy atom. The summed E-state index contributed by atoms with van der Waals surface area (Å²) in [4.78, 5) is 0. The first kappa shape index (κ1) is 40.6. The fraction of sp³-hybridized carbons (Fsp3) is 1.00. The first-order valence-electron chi connectivity index (χ1n) is 15.6. The number of aliphatic hydroxyl groups excluding tert-OH is 1. The van der Waals surface area contributed by atoms with Gasteiger partial charge in [0.1, 0.15) is 0 Å². The monoisotopic (exact) mass is 598 g/mol. The molecule has 2 atom stereocenters. The van der Waals surface area contributed by atoms with E-state index in [1.54, 1.807) is 6.92 Å². The van der Waals surface area contributed by atoms with Crippen molar-refractivity contribution in [3.63, 3.8) is 0 Å². The molecule has 0 saturated carbocycles. The van der Waals surface area contributed by atoms with Crippen LogP contribution in [0.3, 0.4) is 0 Å². The van der Waals surface area contributed by atoms with Crippen molar-refractivity contribution >= 4 is 0 Å². The maximum atomic E-state index is 12.4. The Bertz CT molecular complexity index is 523. The first-order chi connectivity index (χ1) is 19.9. The Labute approximate surface area is 249 Å². The fourth-order valence-electron chi connectivity index (χ4n) is 4.37. The molecule has 2 unspecified atom stereocenters. The van der Waals surface area contributed by atoms with Gasteiger partial charge in [-0.25, -0.2) is 0 Å². The molecule has 0 aliphatic carbocycles. The largest absolute Gasteiger partial charge is 0.391 e. The van der Waals surface area contributed by atoms with Crippen molar-refractivity contribution in [1.29, 1.82) is 0 Å². The fourth-order valence-corrected chi connectivity index (χ4v) is 4.37. The van der Waals surface area contributed by atoms with Crippen molar-refractivity contribution in [3.05, 3.63) is 0 Å². The topological polar surface area (TPSA) is 124 Å². The Morgan fingerprint density at radius 2 is 0.854 bits per heavy atom. The van der Waals surface area contributed by atoms with E-state index in [0.717, 1.165) is 0 Å². The highest BCUT2D eigenvalue weighted by Gasteiger charge is 2.50. The Morgan fingerprint density at radius 3 is 1.24 bits per heavy atom. The van der Waals surface area contributed by atoms with Gasteiger partial charge < -0.3 is 52.8 Å². The zero-order valence-corrected chi connectivity index (χ0v) is 26.7. The van der Waals surface area contributed by atoms with Crippen LogP contribution in [0.5, 0.6) is 0 Å². The Hall–Kier alpha value is -0.440. The number of hydrogen-bond acceptors (Lipinski definition) is 11. The average molecular weight is 599 g/mol. The lowest BCUT2D eigenvalue weighted by Crippen LogP contribution is -2.58. The molecular formula is C30H62O11. The molecule has 0 aliphatic rings. The predicted molar refractivity (Wildman–Crippen MR) is 158 cm³/mol. The molecule has 2 N–H and O–H groups in total. The van der Waals surface area contributed by atoms with Gasteiger partial charge in [-0.05, 0) is 47.5 Å². The van der Waals surface area contributed by atoms with Crippen LogP contribution in [0.2, 0.25) is 0 Å². The quantitative estimate of drug-likeness (QED) is 0.108. The maximum Gasteiger partial charge on any atom is 0.0993 e. The van der Waals surface area contributed by atoms with Crippen molar-refractivity contribution < 1.29 is 52.8 Å². The second-order valence-corrected chi connectivity index (χ2v) is 9.78. The highest BCUT2D eigenvalue weighted by Crippen LogP contribution is 2.40. The Balaban J connectivity index is 5.75. The SMILES string of the molecule is CCOCCOCCCC(CCOCCOCC)(OCC(C)O)C(O)(CCOCCOCC)CCOCCOCC. The van der Waals surface area contributed by atoms with E-state index < -0.39 is 17.3 Å². The van der Waals surface area contributed by atoms with Gasteiger partial charge in [-0.2, -0.15) is 0 Å². The summed E-state index contributed by atoms with van der Waals surface area (Å²) in [7, 11) is 0. The molecule has 0 fully saturated rings. The zero-order valence-electron chi connectivity index (χ0n) is 26.7. The number of ether oxygens (including phenoxy) is 9. The van der Waals surface area contributed by atoms with Gasteiger partial charge in [0.25, 0.3) is 0 Å². The standard InChI is InChI=1S/C30H62O11/c1-6-33-19-23-37-15-10-11-30(41-27-28(5)31,14-18-40-26-22-36-9-4)29(32,12-16-38-24-20-34-7-2)13-17-39-25-21-35-8-3/h28,31-32H,6-27H2,1-5H3. The number of aliphatic hydroxyl groups is 2. The van der Waals surface area contributed by atoms with E-state index in [1.807, 2.05) is 27.7 Å². The third kappa shape index (κ3) is 21.0.